The minimum Gasteiger partial charge on any atom is -0.354 e. The first kappa shape index (κ1) is 18.3. The van der Waals surface area contributed by atoms with Crippen molar-refractivity contribution in [1.29, 1.82) is 0 Å². The maximum Gasteiger partial charge on any atom is 0.270 e. The van der Waals surface area contributed by atoms with Gasteiger partial charge >= 0.3 is 0 Å². The van der Waals surface area contributed by atoms with Crippen molar-refractivity contribution in [2.45, 2.75) is 20.4 Å². The number of pyridine rings is 1. The number of hydrogen-bond acceptors (Lipinski definition) is 4. The second-order valence-corrected chi connectivity index (χ2v) is 6.36. The van der Waals surface area contributed by atoms with E-state index in [1.54, 1.807) is 30.5 Å². The quantitative estimate of drug-likeness (QED) is 0.645. The fourth-order valence-electron chi connectivity index (χ4n) is 2.56. The van der Waals surface area contributed by atoms with E-state index in [9.17, 15) is 9.59 Å². The number of carbonyl (C=O) groups excluding carboxylic acids is 2. The molecule has 0 bridgehead atoms. The Hall–Kier alpha value is -3.47. The van der Waals surface area contributed by atoms with Crippen LogP contribution in [0.15, 0.2) is 66.9 Å². The fourth-order valence-corrected chi connectivity index (χ4v) is 2.56. The highest BCUT2D eigenvalue weighted by atomic mass is 16.1. The Morgan fingerprint density at radius 1 is 0.963 bits per heavy atom. The van der Waals surface area contributed by atoms with Gasteiger partial charge in [0.1, 0.15) is 5.69 Å². The van der Waals surface area contributed by atoms with E-state index in [1.807, 2.05) is 43.3 Å². The molecule has 1 heterocycles. The van der Waals surface area contributed by atoms with E-state index in [4.69, 9.17) is 0 Å². The van der Waals surface area contributed by atoms with Crippen molar-refractivity contribution in [2.24, 2.45) is 0 Å². The first-order valence-corrected chi connectivity index (χ1v) is 8.69. The molecule has 0 fully saturated rings. The zero-order valence-electron chi connectivity index (χ0n) is 15.3. The molecule has 2 N–H and O–H groups in total. The standard InChI is InChI=1S/C22H21N3O2/c1-15-6-8-17(9-7-15)13-24-22(27)21-11-10-20(14-23-21)25-19-5-3-4-18(12-19)16(2)26/h3-12,14,25H,13H2,1-2H3,(H,24,27). The third kappa shape index (κ3) is 5.01. The summed E-state index contributed by atoms with van der Waals surface area (Å²) in [4.78, 5) is 27.9. The van der Waals surface area contributed by atoms with E-state index < -0.39 is 0 Å². The van der Waals surface area contributed by atoms with Gasteiger partial charge in [0, 0.05) is 17.8 Å². The number of aryl methyl sites for hydroxylation is 1. The van der Waals surface area contributed by atoms with Gasteiger partial charge in [-0.3, -0.25) is 9.59 Å². The summed E-state index contributed by atoms with van der Waals surface area (Å²) in [6, 6.07) is 18.7. The largest absolute Gasteiger partial charge is 0.354 e. The van der Waals surface area contributed by atoms with Gasteiger partial charge in [0.25, 0.3) is 5.91 Å². The highest BCUT2D eigenvalue weighted by Gasteiger charge is 2.07. The first-order chi connectivity index (χ1) is 13.0. The Balaban J connectivity index is 1.61. The number of benzene rings is 2. The van der Waals surface area contributed by atoms with Crippen LogP contribution in [0, 0.1) is 6.92 Å². The molecule has 0 saturated carbocycles. The Labute approximate surface area is 158 Å². The average Bonchev–Trinajstić information content (AvgIpc) is 2.68. The Kier molecular flexibility index (Phi) is 5.61. The third-order valence-electron chi connectivity index (χ3n) is 4.13. The summed E-state index contributed by atoms with van der Waals surface area (Å²) in [5, 5.41) is 6.05. The van der Waals surface area contributed by atoms with Crippen molar-refractivity contribution in [1.82, 2.24) is 10.3 Å². The van der Waals surface area contributed by atoms with Gasteiger partial charge in [0.2, 0.25) is 0 Å². The van der Waals surface area contributed by atoms with Crippen LogP contribution in [0.2, 0.25) is 0 Å². The molecule has 0 aliphatic carbocycles. The Morgan fingerprint density at radius 3 is 2.41 bits per heavy atom. The number of nitrogens with zero attached hydrogens (tertiary/aromatic N) is 1. The number of ketones is 1. The topological polar surface area (TPSA) is 71.1 Å². The predicted octanol–water partition coefficient (Wildman–Crippen LogP) is 4.27. The van der Waals surface area contributed by atoms with Gasteiger partial charge < -0.3 is 10.6 Å². The molecule has 1 amide bonds. The van der Waals surface area contributed by atoms with Gasteiger partial charge in [-0.2, -0.15) is 0 Å². The Morgan fingerprint density at radius 2 is 1.74 bits per heavy atom. The summed E-state index contributed by atoms with van der Waals surface area (Å²) >= 11 is 0. The smallest absolute Gasteiger partial charge is 0.270 e. The van der Waals surface area contributed by atoms with E-state index >= 15 is 0 Å². The zero-order chi connectivity index (χ0) is 19.2. The average molecular weight is 359 g/mol. The number of carbonyl (C=O) groups is 2. The molecule has 0 aliphatic rings. The number of rotatable bonds is 6. The van der Waals surface area contributed by atoms with E-state index in [0.29, 0.717) is 17.8 Å². The van der Waals surface area contributed by atoms with Crippen LogP contribution in [0.5, 0.6) is 0 Å². The molecule has 0 saturated heterocycles. The summed E-state index contributed by atoms with van der Waals surface area (Å²) in [6.45, 7) is 4.02. The SMILES string of the molecule is CC(=O)c1cccc(Nc2ccc(C(=O)NCc3ccc(C)cc3)nc2)c1. The number of aromatic nitrogens is 1. The number of amides is 1. The predicted molar refractivity (Wildman–Crippen MR) is 106 cm³/mol. The second-order valence-electron chi connectivity index (χ2n) is 6.36. The van der Waals surface area contributed by atoms with Gasteiger partial charge in [-0.15, -0.1) is 0 Å². The molecule has 5 heteroatoms. The molecule has 0 radical (unpaired) electrons. The number of Topliss-reactive ketones (excluding diaryl/α,β-unsaturated/α-hetero) is 1. The monoisotopic (exact) mass is 359 g/mol. The summed E-state index contributed by atoms with van der Waals surface area (Å²) < 4.78 is 0. The molecule has 3 aromatic rings. The number of anilines is 2. The van der Waals surface area contributed by atoms with E-state index in [2.05, 4.69) is 15.6 Å². The van der Waals surface area contributed by atoms with E-state index in [0.717, 1.165) is 16.9 Å². The maximum absolute atomic E-state index is 12.2. The summed E-state index contributed by atoms with van der Waals surface area (Å²) in [5.41, 5.74) is 4.75. The van der Waals surface area contributed by atoms with Crippen LogP contribution in [0.1, 0.15) is 38.9 Å². The molecule has 27 heavy (non-hydrogen) atoms. The van der Waals surface area contributed by atoms with Crippen LogP contribution in [-0.4, -0.2) is 16.7 Å². The first-order valence-electron chi connectivity index (χ1n) is 8.69. The molecule has 0 atom stereocenters. The minimum absolute atomic E-state index is 0.0115. The van der Waals surface area contributed by atoms with Crippen molar-refractivity contribution in [3.05, 3.63) is 89.2 Å². The molecule has 136 valence electrons. The summed E-state index contributed by atoms with van der Waals surface area (Å²) in [7, 11) is 0. The summed E-state index contributed by atoms with van der Waals surface area (Å²) in [5.74, 6) is -0.210. The van der Waals surface area contributed by atoms with Crippen LogP contribution in [0.4, 0.5) is 11.4 Å². The van der Waals surface area contributed by atoms with Gasteiger partial charge in [-0.05, 0) is 43.7 Å². The number of hydrogen-bond donors (Lipinski definition) is 2. The van der Waals surface area contributed by atoms with Crippen molar-refractivity contribution in [2.75, 3.05) is 5.32 Å². The maximum atomic E-state index is 12.2. The van der Waals surface area contributed by atoms with Gasteiger partial charge in [0.15, 0.2) is 5.78 Å². The van der Waals surface area contributed by atoms with Gasteiger partial charge in [-0.1, -0.05) is 42.0 Å². The Bertz CT molecular complexity index is 948. The normalized spacial score (nSPS) is 10.3. The lowest BCUT2D eigenvalue weighted by molar-refractivity contribution is 0.0945. The zero-order valence-corrected chi connectivity index (χ0v) is 15.3. The number of nitrogens with one attached hydrogen (secondary N) is 2. The van der Waals surface area contributed by atoms with Crippen molar-refractivity contribution >= 4 is 23.1 Å². The molecular formula is C22H21N3O2. The minimum atomic E-state index is -0.222. The molecule has 3 rings (SSSR count). The van der Waals surface area contributed by atoms with Crippen LogP contribution in [-0.2, 0) is 6.54 Å². The van der Waals surface area contributed by atoms with Gasteiger partial charge in [-0.25, -0.2) is 4.98 Å². The molecule has 0 spiro atoms. The van der Waals surface area contributed by atoms with Crippen molar-refractivity contribution in [3.63, 3.8) is 0 Å². The van der Waals surface area contributed by atoms with E-state index in [-0.39, 0.29) is 11.7 Å². The lowest BCUT2D eigenvalue weighted by atomic mass is 10.1. The van der Waals surface area contributed by atoms with Crippen molar-refractivity contribution < 1.29 is 9.59 Å². The van der Waals surface area contributed by atoms with Crippen LogP contribution >= 0.6 is 0 Å². The van der Waals surface area contributed by atoms with Crippen LogP contribution in [0.3, 0.4) is 0 Å². The van der Waals surface area contributed by atoms with Crippen LogP contribution < -0.4 is 10.6 Å². The molecular weight excluding hydrogens is 338 g/mol. The summed E-state index contributed by atoms with van der Waals surface area (Å²) in [6.07, 6.45) is 1.60. The fraction of sp³-hybridized carbons (Fsp3) is 0.136. The third-order valence-corrected chi connectivity index (χ3v) is 4.13. The molecule has 0 aliphatic heterocycles. The van der Waals surface area contributed by atoms with Gasteiger partial charge in [0.05, 0.1) is 11.9 Å². The highest BCUT2D eigenvalue weighted by molar-refractivity contribution is 5.95. The highest BCUT2D eigenvalue weighted by Crippen LogP contribution is 2.17. The van der Waals surface area contributed by atoms with Crippen molar-refractivity contribution in [3.8, 4) is 0 Å². The lowest BCUT2D eigenvalue weighted by Gasteiger charge is -2.09. The molecule has 1 aromatic heterocycles. The van der Waals surface area contributed by atoms with Crippen LogP contribution in [0.25, 0.3) is 0 Å². The lowest BCUT2D eigenvalue weighted by Crippen LogP contribution is -2.23. The van der Waals surface area contributed by atoms with E-state index in [1.165, 1.54) is 12.5 Å². The molecule has 0 unspecified atom stereocenters. The second kappa shape index (κ2) is 8.27. The molecule has 2 aromatic carbocycles. The molecule has 5 nitrogen and oxygen atoms in total.